The summed E-state index contributed by atoms with van der Waals surface area (Å²) in [5.74, 6) is -0.880. The van der Waals surface area contributed by atoms with E-state index in [2.05, 4.69) is 4.98 Å². The molecule has 0 bridgehead atoms. The van der Waals surface area contributed by atoms with Crippen LogP contribution in [0, 0.1) is 0 Å². The zero-order valence-corrected chi connectivity index (χ0v) is 6.38. The molecule has 0 amide bonds. The van der Waals surface area contributed by atoms with Crippen molar-refractivity contribution in [1.82, 2.24) is 4.98 Å². The van der Waals surface area contributed by atoms with Crippen LogP contribution in [0.4, 0.5) is 0 Å². The summed E-state index contributed by atoms with van der Waals surface area (Å²) >= 11 is 5.57. The molecule has 0 radical (unpaired) electrons. The van der Waals surface area contributed by atoms with Crippen LogP contribution in [0.3, 0.4) is 0 Å². The van der Waals surface area contributed by atoms with Crippen molar-refractivity contribution in [2.24, 2.45) is 0 Å². The van der Waals surface area contributed by atoms with Gasteiger partial charge in [-0.15, -0.1) is 0 Å². The molecule has 0 atom stereocenters. The van der Waals surface area contributed by atoms with Gasteiger partial charge in [0, 0.05) is 12.4 Å². The van der Waals surface area contributed by atoms with Crippen LogP contribution in [0.5, 0.6) is 0 Å². The minimum absolute atomic E-state index is 0.0342. The van der Waals surface area contributed by atoms with Gasteiger partial charge in [-0.2, -0.15) is 0 Å². The van der Waals surface area contributed by atoms with Crippen molar-refractivity contribution in [2.45, 2.75) is 6.42 Å². The van der Waals surface area contributed by atoms with Crippen molar-refractivity contribution in [1.29, 1.82) is 0 Å². The number of pyridine rings is 1. The molecule has 1 N–H and O–H groups in total. The van der Waals surface area contributed by atoms with Gasteiger partial charge in [0.25, 0.3) is 0 Å². The van der Waals surface area contributed by atoms with E-state index >= 15 is 0 Å². The number of nitrogens with zero attached hydrogens (tertiary/aromatic N) is 1. The van der Waals surface area contributed by atoms with Crippen LogP contribution in [0.25, 0.3) is 0 Å². The van der Waals surface area contributed by atoms with E-state index < -0.39 is 5.97 Å². The minimum atomic E-state index is -0.880. The number of aromatic nitrogens is 1. The van der Waals surface area contributed by atoms with Crippen LogP contribution in [0.15, 0.2) is 18.5 Å². The Labute approximate surface area is 68.6 Å². The molecule has 11 heavy (non-hydrogen) atoms. The Morgan fingerprint density at radius 2 is 2.36 bits per heavy atom. The Morgan fingerprint density at radius 1 is 1.64 bits per heavy atom. The maximum absolute atomic E-state index is 10.2. The SMILES string of the molecule is O=C(O)Cc1cncc(Cl)c1. The lowest BCUT2D eigenvalue weighted by molar-refractivity contribution is -0.136. The average Bonchev–Trinajstić information content (AvgIpc) is 1.85. The maximum atomic E-state index is 10.2. The Balaban J connectivity index is 2.79. The van der Waals surface area contributed by atoms with Crippen molar-refractivity contribution in [3.05, 3.63) is 29.0 Å². The molecule has 1 heterocycles. The molecular weight excluding hydrogens is 166 g/mol. The number of hydrogen-bond donors (Lipinski definition) is 1. The van der Waals surface area contributed by atoms with E-state index in [4.69, 9.17) is 16.7 Å². The molecule has 0 fully saturated rings. The Hall–Kier alpha value is -1.09. The summed E-state index contributed by atoms with van der Waals surface area (Å²) in [5, 5.41) is 8.85. The highest BCUT2D eigenvalue weighted by atomic mass is 35.5. The number of carboxylic acid groups (broad SMARTS) is 1. The molecule has 58 valence electrons. The molecule has 0 unspecified atom stereocenters. The number of halogens is 1. The normalized spacial score (nSPS) is 9.55. The van der Waals surface area contributed by atoms with Crippen LogP contribution in [-0.4, -0.2) is 16.1 Å². The fraction of sp³-hybridized carbons (Fsp3) is 0.143. The highest BCUT2D eigenvalue weighted by Crippen LogP contribution is 2.08. The third-order valence-corrected chi connectivity index (χ3v) is 1.32. The molecule has 0 aliphatic heterocycles. The third kappa shape index (κ3) is 2.55. The Morgan fingerprint density at radius 3 is 2.91 bits per heavy atom. The second kappa shape index (κ2) is 3.34. The van der Waals surface area contributed by atoms with Crippen molar-refractivity contribution >= 4 is 17.6 Å². The zero-order chi connectivity index (χ0) is 8.27. The van der Waals surface area contributed by atoms with Crippen molar-refractivity contribution in [2.75, 3.05) is 0 Å². The second-order valence-corrected chi connectivity index (χ2v) is 2.52. The molecule has 0 saturated carbocycles. The molecule has 1 aromatic heterocycles. The molecular formula is C7H6ClNO2. The van der Waals surface area contributed by atoms with Gasteiger partial charge in [-0.25, -0.2) is 0 Å². The topological polar surface area (TPSA) is 50.2 Å². The van der Waals surface area contributed by atoms with Crippen LogP contribution in [0.1, 0.15) is 5.56 Å². The first-order chi connectivity index (χ1) is 5.18. The smallest absolute Gasteiger partial charge is 0.307 e. The summed E-state index contributed by atoms with van der Waals surface area (Å²) in [6, 6.07) is 1.59. The fourth-order valence-electron chi connectivity index (χ4n) is 0.727. The first kappa shape index (κ1) is 8.01. The van der Waals surface area contributed by atoms with E-state index in [1.807, 2.05) is 0 Å². The van der Waals surface area contributed by atoms with Gasteiger partial charge in [-0.1, -0.05) is 11.6 Å². The van der Waals surface area contributed by atoms with Crippen LogP contribution in [0.2, 0.25) is 5.02 Å². The van der Waals surface area contributed by atoms with Gasteiger partial charge < -0.3 is 5.11 Å². The summed E-state index contributed by atoms with van der Waals surface area (Å²) in [6.07, 6.45) is 2.92. The van der Waals surface area contributed by atoms with Crippen LogP contribution in [-0.2, 0) is 11.2 Å². The van der Waals surface area contributed by atoms with E-state index in [9.17, 15) is 4.79 Å². The average molecular weight is 172 g/mol. The molecule has 1 aromatic rings. The van der Waals surface area contributed by atoms with Gasteiger partial charge in [0.15, 0.2) is 0 Å². The van der Waals surface area contributed by atoms with E-state index in [1.54, 1.807) is 6.07 Å². The van der Waals surface area contributed by atoms with Crippen LogP contribution < -0.4 is 0 Å². The lowest BCUT2D eigenvalue weighted by Crippen LogP contribution is -1.99. The predicted molar refractivity (Wildman–Crippen MR) is 40.6 cm³/mol. The van der Waals surface area contributed by atoms with Crippen LogP contribution >= 0.6 is 11.6 Å². The molecule has 1 rings (SSSR count). The number of aliphatic carboxylic acids is 1. The van der Waals surface area contributed by atoms with E-state index in [0.29, 0.717) is 10.6 Å². The lowest BCUT2D eigenvalue weighted by Gasteiger charge is -1.94. The predicted octanol–water partition coefficient (Wildman–Crippen LogP) is 1.36. The van der Waals surface area contributed by atoms with E-state index in [1.165, 1.54) is 12.4 Å². The molecule has 0 spiro atoms. The summed E-state index contributed by atoms with van der Waals surface area (Å²) in [6.45, 7) is 0. The first-order valence-electron chi connectivity index (χ1n) is 2.99. The van der Waals surface area contributed by atoms with Gasteiger partial charge in [0.2, 0.25) is 0 Å². The standard InChI is InChI=1S/C7H6ClNO2/c8-6-1-5(2-7(10)11)3-9-4-6/h1,3-4H,2H2,(H,10,11). The van der Waals surface area contributed by atoms with Crippen molar-refractivity contribution < 1.29 is 9.90 Å². The van der Waals surface area contributed by atoms with Crippen molar-refractivity contribution in [3.8, 4) is 0 Å². The highest BCUT2D eigenvalue weighted by molar-refractivity contribution is 6.30. The largest absolute Gasteiger partial charge is 0.481 e. The number of carboxylic acids is 1. The van der Waals surface area contributed by atoms with E-state index in [0.717, 1.165) is 0 Å². The number of hydrogen-bond acceptors (Lipinski definition) is 2. The summed E-state index contributed by atoms with van der Waals surface area (Å²) in [5.41, 5.74) is 0.616. The zero-order valence-electron chi connectivity index (χ0n) is 5.62. The molecule has 0 aliphatic rings. The Bertz CT molecular complexity index is 275. The molecule has 3 nitrogen and oxygen atoms in total. The summed E-state index contributed by atoms with van der Waals surface area (Å²) < 4.78 is 0. The highest BCUT2D eigenvalue weighted by Gasteiger charge is 2.00. The molecule has 0 saturated heterocycles. The number of rotatable bonds is 2. The lowest BCUT2D eigenvalue weighted by atomic mass is 10.2. The monoisotopic (exact) mass is 171 g/mol. The first-order valence-corrected chi connectivity index (χ1v) is 3.37. The van der Waals surface area contributed by atoms with Gasteiger partial charge in [0.1, 0.15) is 0 Å². The van der Waals surface area contributed by atoms with Gasteiger partial charge >= 0.3 is 5.97 Å². The van der Waals surface area contributed by atoms with Gasteiger partial charge in [-0.3, -0.25) is 9.78 Å². The summed E-state index contributed by atoms with van der Waals surface area (Å²) in [4.78, 5) is 14.0. The number of carbonyl (C=O) groups is 1. The molecule has 0 aromatic carbocycles. The van der Waals surface area contributed by atoms with E-state index in [-0.39, 0.29) is 6.42 Å². The van der Waals surface area contributed by atoms with Gasteiger partial charge in [0.05, 0.1) is 11.4 Å². The molecule has 0 aliphatic carbocycles. The van der Waals surface area contributed by atoms with Crippen molar-refractivity contribution in [3.63, 3.8) is 0 Å². The second-order valence-electron chi connectivity index (χ2n) is 2.08. The third-order valence-electron chi connectivity index (χ3n) is 1.12. The van der Waals surface area contributed by atoms with Gasteiger partial charge in [-0.05, 0) is 11.6 Å². The maximum Gasteiger partial charge on any atom is 0.307 e. The quantitative estimate of drug-likeness (QED) is 0.731. The summed E-state index contributed by atoms with van der Waals surface area (Å²) in [7, 11) is 0. The molecule has 4 heteroatoms. The fourth-order valence-corrected chi connectivity index (χ4v) is 0.924. The minimum Gasteiger partial charge on any atom is -0.481 e. The Kier molecular flexibility index (Phi) is 2.44.